The van der Waals surface area contributed by atoms with Crippen LogP contribution < -0.4 is 4.90 Å². The van der Waals surface area contributed by atoms with Crippen molar-refractivity contribution in [1.29, 1.82) is 0 Å². The molecule has 0 bridgehead atoms. The molecule has 0 N–H and O–H groups in total. The molecule has 4 aromatic rings. The number of alkyl halides is 3. The first-order valence-electron chi connectivity index (χ1n) is 10.3. The fourth-order valence-electron chi connectivity index (χ4n) is 4.12. The summed E-state index contributed by atoms with van der Waals surface area (Å²) < 4.78 is 68.2. The minimum atomic E-state index is -4.61. The molecule has 0 radical (unpaired) electrons. The highest BCUT2D eigenvalue weighted by Gasteiger charge is 2.34. The summed E-state index contributed by atoms with van der Waals surface area (Å²) >= 11 is 0. The van der Waals surface area contributed by atoms with Crippen molar-refractivity contribution >= 4 is 32.4 Å². The van der Waals surface area contributed by atoms with E-state index in [9.17, 15) is 21.6 Å². The third kappa shape index (κ3) is 3.80. The molecular weight excluding hydrogens is 455 g/mol. The van der Waals surface area contributed by atoms with Gasteiger partial charge in [-0.1, -0.05) is 18.2 Å². The number of halogens is 3. The number of rotatable bonds is 3. The molecule has 2 aromatic carbocycles. The summed E-state index contributed by atoms with van der Waals surface area (Å²) in [6.45, 7) is 2.88. The third-order valence-electron chi connectivity index (χ3n) is 5.74. The molecule has 0 atom stereocenters. The van der Waals surface area contributed by atoms with Gasteiger partial charge in [-0.3, -0.25) is 0 Å². The Labute approximate surface area is 188 Å². The van der Waals surface area contributed by atoms with Crippen molar-refractivity contribution in [1.82, 2.24) is 18.9 Å². The van der Waals surface area contributed by atoms with Gasteiger partial charge in [0.25, 0.3) is 0 Å². The standard InChI is InChI=1S/C22H20F3N5O2S/c1-15-13-20-26-21(18-7-2-3-8-19(18)30(20)27-15)28-9-11-29(12-10-28)33(31,32)17-6-4-5-16(14-17)22(23,24)25/h2-8,13-14H,9-12H2,1H3. The largest absolute Gasteiger partial charge is 0.416 e. The molecule has 1 saturated heterocycles. The molecule has 0 aliphatic carbocycles. The molecule has 11 heteroatoms. The van der Waals surface area contributed by atoms with E-state index in [1.165, 1.54) is 10.4 Å². The highest BCUT2D eigenvalue weighted by atomic mass is 32.2. The summed E-state index contributed by atoms with van der Waals surface area (Å²) in [6.07, 6.45) is -4.61. The Morgan fingerprint density at radius 2 is 1.67 bits per heavy atom. The molecule has 1 fully saturated rings. The van der Waals surface area contributed by atoms with Crippen LogP contribution in [-0.2, 0) is 16.2 Å². The Morgan fingerprint density at radius 1 is 0.939 bits per heavy atom. The summed E-state index contributed by atoms with van der Waals surface area (Å²) in [5, 5.41) is 5.39. The van der Waals surface area contributed by atoms with Crippen molar-refractivity contribution in [2.75, 3.05) is 31.1 Å². The molecule has 0 amide bonds. The van der Waals surface area contributed by atoms with E-state index in [1.807, 2.05) is 42.2 Å². The van der Waals surface area contributed by atoms with Gasteiger partial charge in [0.15, 0.2) is 5.65 Å². The van der Waals surface area contributed by atoms with Gasteiger partial charge in [-0.25, -0.2) is 17.9 Å². The van der Waals surface area contributed by atoms with E-state index in [2.05, 4.69) is 5.10 Å². The topological polar surface area (TPSA) is 70.8 Å². The molecule has 2 aromatic heterocycles. The Balaban J connectivity index is 1.43. The predicted molar refractivity (Wildman–Crippen MR) is 118 cm³/mol. The van der Waals surface area contributed by atoms with Crippen molar-refractivity contribution in [3.8, 4) is 0 Å². The van der Waals surface area contributed by atoms with Crippen molar-refractivity contribution in [2.24, 2.45) is 0 Å². The smallest absolute Gasteiger partial charge is 0.353 e. The number of hydrogen-bond acceptors (Lipinski definition) is 5. The number of benzene rings is 2. The van der Waals surface area contributed by atoms with Crippen molar-refractivity contribution in [2.45, 2.75) is 18.0 Å². The van der Waals surface area contributed by atoms with E-state index in [-0.39, 0.29) is 18.0 Å². The first-order chi connectivity index (χ1) is 15.6. The minimum Gasteiger partial charge on any atom is -0.353 e. The van der Waals surface area contributed by atoms with Gasteiger partial charge in [0, 0.05) is 37.6 Å². The van der Waals surface area contributed by atoms with Crippen LogP contribution in [0.2, 0.25) is 0 Å². The highest BCUT2D eigenvalue weighted by molar-refractivity contribution is 7.89. The van der Waals surface area contributed by atoms with Crippen LogP contribution in [0.4, 0.5) is 19.0 Å². The van der Waals surface area contributed by atoms with Gasteiger partial charge in [-0.15, -0.1) is 0 Å². The summed E-state index contributed by atoms with van der Waals surface area (Å²) in [5.41, 5.74) is 1.44. The van der Waals surface area contributed by atoms with E-state index in [1.54, 1.807) is 4.52 Å². The summed E-state index contributed by atoms with van der Waals surface area (Å²) in [6, 6.07) is 13.5. The first-order valence-corrected chi connectivity index (χ1v) is 11.8. The summed E-state index contributed by atoms with van der Waals surface area (Å²) in [7, 11) is -4.05. The summed E-state index contributed by atoms with van der Waals surface area (Å²) in [5.74, 6) is 0.731. The molecule has 0 spiro atoms. The van der Waals surface area contributed by atoms with Gasteiger partial charge < -0.3 is 4.90 Å². The summed E-state index contributed by atoms with van der Waals surface area (Å²) in [4.78, 5) is 6.41. The molecular formula is C22H20F3N5O2S. The van der Waals surface area contributed by atoms with Crippen LogP contribution in [0.1, 0.15) is 11.3 Å². The zero-order chi connectivity index (χ0) is 23.4. The maximum atomic E-state index is 13.0. The molecule has 1 aliphatic heterocycles. The lowest BCUT2D eigenvalue weighted by Gasteiger charge is -2.35. The third-order valence-corrected chi connectivity index (χ3v) is 7.64. The lowest BCUT2D eigenvalue weighted by molar-refractivity contribution is -0.137. The van der Waals surface area contributed by atoms with Gasteiger partial charge in [-0.05, 0) is 37.3 Å². The van der Waals surface area contributed by atoms with Crippen molar-refractivity contribution in [3.63, 3.8) is 0 Å². The highest BCUT2D eigenvalue weighted by Crippen LogP contribution is 2.32. The van der Waals surface area contributed by atoms with E-state index in [0.717, 1.165) is 34.5 Å². The van der Waals surface area contributed by atoms with Gasteiger partial charge in [0.1, 0.15) is 5.82 Å². The molecule has 1 aliphatic rings. The normalized spacial score (nSPS) is 16.1. The van der Waals surface area contributed by atoms with Crippen molar-refractivity contribution < 1.29 is 21.6 Å². The van der Waals surface area contributed by atoms with Crippen LogP contribution in [-0.4, -0.2) is 53.5 Å². The van der Waals surface area contributed by atoms with Gasteiger partial charge in [0.2, 0.25) is 10.0 Å². The van der Waals surface area contributed by atoms with Crippen LogP contribution in [0.15, 0.2) is 59.5 Å². The number of anilines is 1. The monoisotopic (exact) mass is 475 g/mol. The quantitative estimate of drug-likeness (QED) is 0.452. The maximum absolute atomic E-state index is 13.0. The Morgan fingerprint density at radius 3 is 2.39 bits per heavy atom. The molecule has 0 saturated carbocycles. The lowest BCUT2D eigenvalue weighted by atomic mass is 10.2. The van der Waals surface area contributed by atoms with E-state index >= 15 is 0 Å². The number of hydrogen-bond donors (Lipinski definition) is 0. The molecule has 33 heavy (non-hydrogen) atoms. The molecule has 172 valence electrons. The number of fused-ring (bicyclic) bond motifs is 3. The first kappa shape index (κ1) is 21.7. The fourth-order valence-corrected chi connectivity index (χ4v) is 5.59. The Kier molecular flexibility index (Phi) is 5.05. The number of para-hydroxylation sites is 1. The minimum absolute atomic E-state index is 0.137. The van der Waals surface area contributed by atoms with Crippen LogP contribution in [0, 0.1) is 6.92 Å². The van der Waals surface area contributed by atoms with Crippen LogP contribution in [0.5, 0.6) is 0 Å². The lowest BCUT2D eigenvalue weighted by Crippen LogP contribution is -2.49. The van der Waals surface area contributed by atoms with Gasteiger partial charge in [0.05, 0.1) is 21.7 Å². The second kappa shape index (κ2) is 7.70. The van der Waals surface area contributed by atoms with Gasteiger partial charge in [-0.2, -0.15) is 22.6 Å². The zero-order valence-corrected chi connectivity index (χ0v) is 18.4. The Bertz CT molecular complexity index is 1460. The van der Waals surface area contributed by atoms with Crippen LogP contribution in [0.25, 0.3) is 16.6 Å². The number of nitrogens with zero attached hydrogens (tertiary/aromatic N) is 5. The number of piperazine rings is 1. The molecule has 0 unspecified atom stereocenters. The molecule has 3 heterocycles. The second-order valence-corrected chi connectivity index (χ2v) is 9.86. The second-order valence-electron chi connectivity index (χ2n) is 7.93. The van der Waals surface area contributed by atoms with E-state index < -0.39 is 21.8 Å². The molecule has 7 nitrogen and oxygen atoms in total. The van der Waals surface area contributed by atoms with Crippen LogP contribution in [0.3, 0.4) is 0 Å². The van der Waals surface area contributed by atoms with E-state index in [4.69, 9.17) is 4.98 Å². The van der Waals surface area contributed by atoms with E-state index in [0.29, 0.717) is 24.8 Å². The predicted octanol–water partition coefficient (Wildman–Crippen LogP) is 3.72. The van der Waals surface area contributed by atoms with Crippen molar-refractivity contribution in [3.05, 3.63) is 65.9 Å². The molecule has 5 rings (SSSR count). The maximum Gasteiger partial charge on any atom is 0.416 e. The van der Waals surface area contributed by atoms with Gasteiger partial charge >= 0.3 is 6.18 Å². The number of aryl methyl sites for hydroxylation is 1. The fraction of sp³-hybridized carbons (Fsp3) is 0.273. The number of sulfonamides is 1. The number of aromatic nitrogens is 3. The van der Waals surface area contributed by atoms with Crippen LogP contribution >= 0.6 is 0 Å². The average molecular weight is 475 g/mol. The zero-order valence-electron chi connectivity index (χ0n) is 17.6. The Hall–Kier alpha value is -3.18. The average Bonchev–Trinajstić information content (AvgIpc) is 3.18. The SMILES string of the molecule is Cc1cc2nc(N3CCN(S(=O)(=O)c4cccc(C(F)(F)F)c4)CC3)c3ccccc3n2n1.